The van der Waals surface area contributed by atoms with Crippen molar-refractivity contribution in [3.8, 4) is 0 Å². The van der Waals surface area contributed by atoms with Gasteiger partial charge in [-0.15, -0.1) is 0 Å². The van der Waals surface area contributed by atoms with Gasteiger partial charge >= 0.3 is 0 Å². The van der Waals surface area contributed by atoms with Crippen LogP contribution in [-0.4, -0.2) is 36.5 Å². The molecule has 1 aromatic heterocycles. The van der Waals surface area contributed by atoms with Gasteiger partial charge in [-0.2, -0.15) is 5.10 Å². The lowest BCUT2D eigenvalue weighted by molar-refractivity contribution is 0.267. The smallest absolute Gasteiger partial charge is 0.244 e. The molecule has 0 unspecified atom stereocenters. The van der Waals surface area contributed by atoms with Crippen molar-refractivity contribution < 1.29 is 13.5 Å². The summed E-state index contributed by atoms with van der Waals surface area (Å²) in [6.45, 7) is 8.38. The summed E-state index contributed by atoms with van der Waals surface area (Å²) in [6, 6.07) is 0. The van der Waals surface area contributed by atoms with Gasteiger partial charge in [0.05, 0.1) is 24.5 Å². The summed E-state index contributed by atoms with van der Waals surface area (Å²) in [7, 11) is -3.53. The first-order chi connectivity index (χ1) is 9.79. The van der Waals surface area contributed by atoms with Crippen molar-refractivity contribution in [1.29, 1.82) is 0 Å². The average molecular weight is 317 g/mol. The van der Waals surface area contributed by atoms with Crippen molar-refractivity contribution in [2.75, 3.05) is 13.2 Å². The van der Waals surface area contributed by atoms with Crippen LogP contribution >= 0.6 is 0 Å². The fourth-order valence-corrected chi connectivity index (χ4v) is 3.82. The highest BCUT2D eigenvalue weighted by atomic mass is 32.2. The fraction of sp³-hybridized carbons (Fsp3) is 0.786. The van der Waals surface area contributed by atoms with Crippen LogP contribution in [0.15, 0.2) is 4.90 Å². The molecule has 0 aliphatic carbocycles. The maximum Gasteiger partial charge on any atom is 0.244 e. The molecule has 0 atom stereocenters. The van der Waals surface area contributed by atoms with Gasteiger partial charge in [-0.25, -0.2) is 13.1 Å². The van der Waals surface area contributed by atoms with Crippen LogP contribution in [-0.2, 0) is 16.6 Å². The van der Waals surface area contributed by atoms with Crippen molar-refractivity contribution in [3.05, 3.63) is 11.4 Å². The van der Waals surface area contributed by atoms with Crippen LogP contribution in [0, 0.1) is 19.8 Å². The number of aryl methyl sites for hydroxylation is 1. The average Bonchev–Trinajstić information content (AvgIpc) is 2.64. The molecule has 0 radical (unpaired) electrons. The zero-order valence-electron chi connectivity index (χ0n) is 13.4. The highest BCUT2D eigenvalue weighted by molar-refractivity contribution is 7.89. The quantitative estimate of drug-likeness (QED) is 0.678. The van der Waals surface area contributed by atoms with Gasteiger partial charge in [0.2, 0.25) is 10.0 Å². The molecule has 0 aliphatic rings. The van der Waals surface area contributed by atoms with Crippen LogP contribution in [0.4, 0.5) is 0 Å². The number of nitrogens with one attached hydrogen (secondary N) is 1. The molecule has 0 spiro atoms. The predicted molar refractivity (Wildman–Crippen MR) is 82.7 cm³/mol. The molecule has 1 aromatic rings. The van der Waals surface area contributed by atoms with Crippen LogP contribution in [0.25, 0.3) is 0 Å². The summed E-state index contributed by atoms with van der Waals surface area (Å²) >= 11 is 0. The highest BCUT2D eigenvalue weighted by Gasteiger charge is 2.23. The first kappa shape index (κ1) is 18.1. The third-order valence-corrected chi connectivity index (χ3v) is 5.11. The monoisotopic (exact) mass is 317 g/mol. The topological polar surface area (TPSA) is 84.2 Å². The number of sulfonamides is 1. The molecule has 0 saturated heterocycles. The molecule has 0 amide bonds. The van der Waals surface area contributed by atoms with Gasteiger partial charge in [-0.1, -0.05) is 26.7 Å². The number of nitrogens with zero attached hydrogens (tertiary/aromatic N) is 2. The van der Waals surface area contributed by atoms with E-state index in [2.05, 4.69) is 23.7 Å². The summed E-state index contributed by atoms with van der Waals surface area (Å²) in [6.07, 6.45) is 2.95. The highest BCUT2D eigenvalue weighted by Crippen LogP contribution is 2.19. The molecule has 0 saturated carbocycles. The molecule has 21 heavy (non-hydrogen) atoms. The van der Waals surface area contributed by atoms with Crippen LogP contribution in [0.5, 0.6) is 0 Å². The maximum absolute atomic E-state index is 12.4. The Labute approximate surface area is 127 Å². The molecule has 7 heteroatoms. The van der Waals surface area contributed by atoms with Crippen molar-refractivity contribution >= 4 is 10.0 Å². The number of rotatable bonds is 9. The Balaban J connectivity index is 2.70. The molecule has 2 N–H and O–H groups in total. The minimum Gasteiger partial charge on any atom is -0.394 e. The van der Waals surface area contributed by atoms with E-state index < -0.39 is 10.0 Å². The van der Waals surface area contributed by atoms with Gasteiger partial charge in [0.25, 0.3) is 0 Å². The van der Waals surface area contributed by atoms with E-state index in [1.165, 1.54) is 4.68 Å². The molecule has 0 bridgehead atoms. The second-order valence-electron chi connectivity index (χ2n) is 5.73. The van der Waals surface area contributed by atoms with E-state index in [-0.39, 0.29) is 11.5 Å². The summed E-state index contributed by atoms with van der Waals surface area (Å²) < 4.78 is 28.9. The molecule has 0 aromatic carbocycles. The molecule has 122 valence electrons. The summed E-state index contributed by atoms with van der Waals surface area (Å²) in [5.74, 6) is 0.641. The van der Waals surface area contributed by atoms with E-state index in [9.17, 15) is 8.42 Å². The Morgan fingerprint density at radius 3 is 2.52 bits per heavy atom. The lowest BCUT2D eigenvalue weighted by Crippen LogP contribution is -2.26. The van der Waals surface area contributed by atoms with Crippen molar-refractivity contribution in [2.24, 2.45) is 5.92 Å². The van der Waals surface area contributed by atoms with Crippen molar-refractivity contribution in [1.82, 2.24) is 14.5 Å². The Morgan fingerprint density at radius 1 is 1.29 bits per heavy atom. The molecule has 1 heterocycles. The third-order valence-electron chi connectivity index (χ3n) is 3.40. The Bertz CT molecular complexity index is 550. The van der Waals surface area contributed by atoms with Gasteiger partial charge in [-0.3, -0.25) is 4.68 Å². The van der Waals surface area contributed by atoms with Gasteiger partial charge in [-0.05, 0) is 26.2 Å². The van der Waals surface area contributed by atoms with Gasteiger partial charge < -0.3 is 5.11 Å². The molecule has 0 aliphatic heterocycles. The largest absolute Gasteiger partial charge is 0.394 e. The van der Waals surface area contributed by atoms with E-state index in [4.69, 9.17) is 5.11 Å². The van der Waals surface area contributed by atoms with E-state index in [1.807, 2.05) is 0 Å². The first-order valence-electron chi connectivity index (χ1n) is 7.44. The minimum atomic E-state index is -3.53. The Kier molecular flexibility index (Phi) is 6.83. The summed E-state index contributed by atoms with van der Waals surface area (Å²) in [5.41, 5.74) is 1.03. The zero-order chi connectivity index (χ0) is 16.0. The van der Waals surface area contributed by atoms with Crippen LogP contribution < -0.4 is 4.72 Å². The number of hydrogen-bond acceptors (Lipinski definition) is 4. The van der Waals surface area contributed by atoms with E-state index >= 15 is 0 Å². The number of hydrogen-bond donors (Lipinski definition) is 2. The third kappa shape index (κ3) is 5.09. The molecular formula is C14H27N3O3S. The molecule has 1 rings (SSSR count). The summed E-state index contributed by atoms with van der Waals surface area (Å²) in [4.78, 5) is 0.236. The minimum absolute atomic E-state index is 0.0654. The number of aromatic nitrogens is 2. The van der Waals surface area contributed by atoms with E-state index in [1.54, 1.807) is 13.8 Å². The lowest BCUT2D eigenvalue weighted by Gasteiger charge is -2.08. The van der Waals surface area contributed by atoms with Crippen LogP contribution in [0.2, 0.25) is 0 Å². The second-order valence-corrected chi connectivity index (χ2v) is 7.44. The molecule has 0 fully saturated rings. The standard InChI is InChI=1S/C14H27N3O3S/c1-11(2)7-5-6-8-15-21(19,20)14-12(3)16-17(9-10-18)13(14)4/h11,15,18H,5-10H2,1-4H3. The SMILES string of the molecule is Cc1nn(CCO)c(C)c1S(=O)(=O)NCCCCC(C)C. The zero-order valence-corrected chi connectivity index (χ0v) is 14.2. The van der Waals surface area contributed by atoms with Gasteiger partial charge in [0.15, 0.2) is 0 Å². The number of aliphatic hydroxyl groups excluding tert-OH is 1. The van der Waals surface area contributed by atoms with Crippen LogP contribution in [0.3, 0.4) is 0 Å². The van der Waals surface area contributed by atoms with Crippen LogP contribution in [0.1, 0.15) is 44.5 Å². The normalized spacial score (nSPS) is 12.3. The maximum atomic E-state index is 12.4. The van der Waals surface area contributed by atoms with Gasteiger partial charge in [0, 0.05) is 6.54 Å². The number of aliphatic hydroxyl groups is 1. The predicted octanol–water partition coefficient (Wildman–Crippen LogP) is 1.60. The van der Waals surface area contributed by atoms with Gasteiger partial charge in [0.1, 0.15) is 4.90 Å². The Morgan fingerprint density at radius 2 is 1.95 bits per heavy atom. The number of unbranched alkanes of at least 4 members (excludes halogenated alkanes) is 1. The lowest BCUT2D eigenvalue weighted by atomic mass is 10.1. The first-order valence-corrected chi connectivity index (χ1v) is 8.92. The molecule has 6 nitrogen and oxygen atoms in total. The van der Waals surface area contributed by atoms with E-state index in [0.29, 0.717) is 30.4 Å². The second kappa shape index (κ2) is 7.91. The van der Waals surface area contributed by atoms with Crippen molar-refractivity contribution in [3.63, 3.8) is 0 Å². The van der Waals surface area contributed by atoms with Crippen molar-refractivity contribution in [2.45, 2.75) is 58.4 Å². The Hall–Kier alpha value is -0.920. The molecular weight excluding hydrogens is 290 g/mol. The summed E-state index contributed by atoms with van der Waals surface area (Å²) in [5, 5.41) is 13.1. The van der Waals surface area contributed by atoms with E-state index in [0.717, 1.165) is 19.3 Å². The fourth-order valence-electron chi connectivity index (χ4n) is 2.34.